The van der Waals surface area contributed by atoms with E-state index >= 15 is 0 Å². The monoisotopic (exact) mass is 451 g/mol. The van der Waals surface area contributed by atoms with Gasteiger partial charge in [-0.2, -0.15) is 0 Å². The predicted octanol–water partition coefficient (Wildman–Crippen LogP) is 6.27. The lowest BCUT2D eigenvalue weighted by molar-refractivity contribution is -0.142. The van der Waals surface area contributed by atoms with Crippen molar-refractivity contribution in [1.82, 2.24) is 5.32 Å². The zero-order valence-corrected chi connectivity index (χ0v) is 18.7. The number of amides is 1. The first-order valence-corrected chi connectivity index (χ1v) is 9.11. The lowest BCUT2D eigenvalue weighted by atomic mass is 9.87. The molecule has 178 valence electrons. The van der Waals surface area contributed by atoms with Gasteiger partial charge >= 0.3 is 17.5 Å². The number of aliphatic carboxylic acids is 1. The molecule has 0 aromatic rings. The van der Waals surface area contributed by atoms with Gasteiger partial charge in [0.15, 0.2) is 0 Å². The fraction of sp³-hybridized carbons (Fsp3) is 0.682. The summed E-state index contributed by atoms with van der Waals surface area (Å²) in [7, 11) is 0. The van der Waals surface area contributed by atoms with Crippen molar-refractivity contribution in [2.24, 2.45) is 16.2 Å². The minimum absolute atomic E-state index is 0. The molecule has 1 atom stereocenters. The van der Waals surface area contributed by atoms with E-state index in [0.29, 0.717) is 0 Å². The highest BCUT2D eigenvalue weighted by molar-refractivity contribution is 6.61. The third-order valence-electron chi connectivity index (χ3n) is 3.61. The van der Waals surface area contributed by atoms with Crippen LogP contribution in [0.4, 0.5) is 9.59 Å². The van der Waals surface area contributed by atoms with Crippen molar-refractivity contribution < 1.29 is 29.0 Å². The van der Waals surface area contributed by atoms with Gasteiger partial charge in [-0.05, 0) is 5.41 Å². The second kappa shape index (κ2) is 14.9. The second-order valence-electron chi connectivity index (χ2n) is 8.77. The van der Waals surface area contributed by atoms with E-state index < -0.39 is 28.9 Å². The molecule has 0 aliphatic carbocycles. The molecule has 1 amide bonds. The van der Waals surface area contributed by atoms with E-state index in [0.717, 1.165) is 0 Å². The molecule has 7 nitrogen and oxygen atoms in total. The van der Waals surface area contributed by atoms with E-state index in [-0.39, 0.29) is 38.9 Å². The van der Waals surface area contributed by atoms with Crippen molar-refractivity contribution in [3.63, 3.8) is 0 Å². The molecular formula is C22H42ClNO6. The number of halogens is 1. The van der Waals surface area contributed by atoms with Gasteiger partial charge < -0.3 is 19.9 Å². The molecule has 0 bridgehead atoms. The summed E-state index contributed by atoms with van der Waals surface area (Å²) in [5.74, 6) is -1.08. The molecular weight excluding hydrogens is 410 g/mol. The van der Waals surface area contributed by atoms with E-state index in [4.69, 9.17) is 21.4 Å². The average molecular weight is 452 g/mol. The Morgan fingerprint density at radius 1 is 0.933 bits per heavy atom. The average Bonchev–Trinajstić information content (AvgIpc) is 2.55. The number of carboxylic acids is 1. The third-order valence-corrected chi connectivity index (χ3v) is 3.72. The van der Waals surface area contributed by atoms with Crippen LogP contribution in [0.15, 0.2) is 25.3 Å². The molecule has 0 aliphatic rings. The smallest absolute Gasteiger partial charge is 0.407 e. The number of carbonyl (C=O) groups excluding carboxylic acids is 2. The second-order valence-corrected chi connectivity index (χ2v) is 9.08. The molecule has 0 unspecified atom stereocenters. The van der Waals surface area contributed by atoms with Gasteiger partial charge in [0.1, 0.15) is 19.3 Å². The van der Waals surface area contributed by atoms with Crippen LogP contribution < -0.4 is 5.32 Å². The Bertz CT molecular complexity index is 564. The van der Waals surface area contributed by atoms with Crippen LogP contribution in [0.3, 0.4) is 0 Å². The van der Waals surface area contributed by atoms with Crippen molar-refractivity contribution in [3.8, 4) is 0 Å². The van der Waals surface area contributed by atoms with Crippen molar-refractivity contribution in [1.29, 1.82) is 0 Å². The summed E-state index contributed by atoms with van der Waals surface area (Å²) in [4.78, 5) is 32.7. The van der Waals surface area contributed by atoms with Gasteiger partial charge in [0.2, 0.25) is 0 Å². The summed E-state index contributed by atoms with van der Waals surface area (Å²) >= 11 is 4.95. The summed E-state index contributed by atoms with van der Waals surface area (Å²) in [6, 6.07) is -0.989. The van der Waals surface area contributed by atoms with Crippen molar-refractivity contribution in [2.45, 2.75) is 69.4 Å². The van der Waals surface area contributed by atoms with Crippen LogP contribution >= 0.6 is 11.6 Å². The maximum absolute atomic E-state index is 11.5. The Hall–Kier alpha value is -2.02. The first-order chi connectivity index (χ1) is 12.5. The number of carbonyl (C=O) groups is 3. The van der Waals surface area contributed by atoms with Gasteiger partial charge in [0.05, 0.1) is 0 Å². The molecule has 0 rings (SSSR count). The zero-order chi connectivity index (χ0) is 22.8. The Kier molecular flexibility index (Phi) is 17.6. The van der Waals surface area contributed by atoms with E-state index in [2.05, 4.69) is 23.2 Å². The molecule has 0 aromatic carbocycles. The topological polar surface area (TPSA) is 102 Å². The van der Waals surface area contributed by atoms with Gasteiger partial charge in [-0.15, -0.1) is 13.2 Å². The van der Waals surface area contributed by atoms with Gasteiger partial charge in [-0.1, -0.05) is 75.5 Å². The van der Waals surface area contributed by atoms with Crippen LogP contribution in [-0.2, 0) is 14.3 Å². The van der Waals surface area contributed by atoms with Crippen LogP contribution in [-0.4, -0.2) is 41.9 Å². The lowest BCUT2D eigenvalue weighted by Crippen LogP contribution is -2.49. The molecule has 8 heteroatoms. The SMILES string of the molecule is C.C.C=CC(C)(C)COC(=O)Cl.C=CC(C)(C)COC(=O)N[C@H](C(=O)O)C(C)(C)C. The fourth-order valence-corrected chi connectivity index (χ4v) is 1.47. The molecule has 30 heavy (non-hydrogen) atoms. The van der Waals surface area contributed by atoms with Crippen LogP contribution in [0.5, 0.6) is 0 Å². The molecule has 0 saturated carbocycles. The molecule has 0 heterocycles. The maximum Gasteiger partial charge on any atom is 0.407 e. The molecule has 0 aliphatic heterocycles. The summed E-state index contributed by atoms with van der Waals surface area (Å²) in [5.41, 5.74) is -1.88. The Morgan fingerprint density at radius 3 is 1.57 bits per heavy atom. The third kappa shape index (κ3) is 18.0. The summed E-state index contributed by atoms with van der Waals surface area (Å²) in [6.07, 6.45) is 2.66. The Morgan fingerprint density at radius 2 is 1.30 bits per heavy atom. The molecule has 0 fully saturated rings. The molecule has 0 radical (unpaired) electrons. The number of hydrogen-bond donors (Lipinski definition) is 2. The van der Waals surface area contributed by atoms with Crippen LogP contribution in [0.25, 0.3) is 0 Å². The fourth-order valence-electron chi connectivity index (χ4n) is 1.42. The Balaban J connectivity index is -0.000000243. The van der Waals surface area contributed by atoms with Gasteiger partial charge in [0.25, 0.3) is 0 Å². The highest BCUT2D eigenvalue weighted by atomic mass is 35.5. The predicted molar refractivity (Wildman–Crippen MR) is 124 cm³/mol. The van der Waals surface area contributed by atoms with E-state index in [1.165, 1.54) is 0 Å². The first kappa shape index (κ1) is 35.4. The molecule has 0 spiro atoms. The summed E-state index contributed by atoms with van der Waals surface area (Å²) in [5, 5.41) is 11.4. The highest BCUT2D eigenvalue weighted by Crippen LogP contribution is 2.20. The standard InChI is InChI=1S/C13H23NO4.C7H11ClO2.2CH4/c1-7-13(5,6)8-18-11(17)14-9(10(15)16)12(2,3)4;1-4-7(2,3)5-10-6(8)9;;/h7,9H,1,8H2,2-6H3,(H,14,17)(H,15,16);4H,1,5H2,2-3H3;2*1H4/t9-;;;/m1.../s1. The van der Waals surface area contributed by atoms with Crippen molar-refractivity contribution in [3.05, 3.63) is 25.3 Å². The van der Waals surface area contributed by atoms with Crippen LogP contribution in [0.1, 0.15) is 63.3 Å². The van der Waals surface area contributed by atoms with Gasteiger partial charge in [-0.3, -0.25) is 0 Å². The quantitative estimate of drug-likeness (QED) is 0.333. The summed E-state index contributed by atoms with van der Waals surface area (Å²) in [6.45, 7) is 20.4. The Labute approximate surface area is 187 Å². The molecule has 0 aromatic heterocycles. The number of alkyl carbamates (subject to hydrolysis) is 1. The number of carboxylic acid groups (broad SMARTS) is 1. The van der Waals surface area contributed by atoms with Gasteiger partial charge in [-0.25, -0.2) is 14.4 Å². The zero-order valence-electron chi connectivity index (χ0n) is 17.9. The molecule has 2 N–H and O–H groups in total. The largest absolute Gasteiger partial charge is 0.480 e. The summed E-state index contributed by atoms with van der Waals surface area (Å²) < 4.78 is 9.54. The van der Waals surface area contributed by atoms with Crippen LogP contribution in [0, 0.1) is 16.2 Å². The van der Waals surface area contributed by atoms with Crippen LogP contribution in [0.2, 0.25) is 0 Å². The van der Waals surface area contributed by atoms with E-state index in [1.807, 2.05) is 27.7 Å². The van der Waals surface area contributed by atoms with Crippen molar-refractivity contribution >= 4 is 29.1 Å². The first-order valence-electron chi connectivity index (χ1n) is 8.73. The van der Waals surface area contributed by atoms with E-state index in [1.54, 1.807) is 32.9 Å². The van der Waals surface area contributed by atoms with Crippen molar-refractivity contribution in [2.75, 3.05) is 13.2 Å². The minimum atomic E-state index is -1.08. The maximum atomic E-state index is 11.5. The number of nitrogens with one attached hydrogen (secondary N) is 1. The minimum Gasteiger partial charge on any atom is -0.480 e. The number of rotatable bonds is 8. The normalized spacial score (nSPS) is 11.7. The van der Waals surface area contributed by atoms with Gasteiger partial charge in [0, 0.05) is 22.4 Å². The molecule has 0 saturated heterocycles. The highest BCUT2D eigenvalue weighted by Gasteiger charge is 2.33. The number of ether oxygens (including phenoxy) is 2. The number of hydrogen-bond acceptors (Lipinski definition) is 5. The van der Waals surface area contributed by atoms with E-state index in [9.17, 15) is 14.4 Å². The lowest BCUT2D eigenvalue weighted by Gasteiger charge is -2.28.